The number of aliphatic hydroxyl groups excluding tert-OH is 3. The standard InChI is InChI=1S/C37H33NO15/c39-25-17-26(23-11-13-24(14-12-23)48-19-21-7-3-1-4-8-21)51-27-18-28(34(30(40)29(25)27)49-20-22-9-5-2-6-10-22)52-37-33(43)31(41)32(42)35(53-37)36(44)47-15-16-50-38(45)46/h1-14,17-18,31-33,35,37,40-43H,15-16,19-20H2/t31-,32-,33+,35-,37+/m0/s1. The van der Waals surface area contributed by atoms with Gasteiger partial charge in [0, 0.05) is 17.7 Å². The Balaban J connectivity index is 1.30. The molecular formula is C37H33NO15. The Morgan fingerprint density at radius 1 is 0.811 bits per heavy atom. The van der Waals surface area contributed by atoms with Gasteiger partial charge in [0.25, 0.3) is 5.09 Å². The van der Waals surface area contributed by atoms with Crippen LogP contribution in [0, 0.1) is 10.1 Å². The molecule has 1 saturated heterocycles. The number of phenolic OH excluding ortho intramolecular Hbond substituents is 1. The van der Waals surface area contributed by atoms with Crippen molar-refractivity contribution in [2.75, 3.05) is 13.2 Å². The van der Waals surface area contributed by atoms with E-state index in [1.165, 1.54) is 12.1 Å². The molecule has 0 saturated carbocycles. The van der Waals surface area contributed by atoms with Gasteiger partial charge in [-0.05, 0) is 35.4 Å². The van der Waals surface area contributed by atoms with E-state index in [1.807, 2.05) is 30.3 Å². The lowest BCUT2D eigenvalue weighted by Crippen LogP contribution is -2.61. The maximum absolute atomic E-state index is 13.5. The number of carbonyl (C=O) groups is 1. The molecule has 276 valence electrons. The number of hydrogen-bond donors (Lipinski definition) is 4. The Labute approximate surface area is 300 Å². The molecule has 1 aliphatic rings. The number of esters is 1. The van der Waals surface area contributed by atoms with Gasteiger partial charge in [0.1, 0.15) is 67.2 Å². The Morgan fingerprint density at radius 2 is 1.45 bits per heavy atom. The van der Waals surface area contributed by atoms with Crippen LogP contribution in [0.4, 0.5) is 0 Å². The van der Waals surface area contributed by atoms with Gasteiger partial charge in [-0.2, -0.15) is 0 Å². The van der Waals surface area contributed by atoms with Crippen molar-refractivity contribution in [3.63, 3.8) is 0 Å². The van der Waals surface area contributed by atoms with Crippen molar-refractivity contribution >= 4 is 16.9 Å². The molecule has 0 aliphatic carbocycles. The molecule has 5 atom stereocenters. The largest absolute Gasteiger partial charge is 0.504 e. The monoisotopic (exact) mass is 731 g/mol. The van der Waals surface area contributed by atoms with Gasteiger partial charge in [-0.15, -0.1) is 10.1 Å². The highest BCUT2D eigenvalue weighted by Gasteiger charge is 2.49. The highest BCUT2D eigenvalue weighted by molar-refractivity contribution is 5.89. The van der Waals surface area contributed by atoms with Crippen LogP contribution in [0.5, 0.6) is 23.0 Å². The Kier molecular flexibility index (Phi) is 11.3. The highest BCUT2D eigenvalue weighted by Crippen LogP contribution is 2.44. The van der Waals surface area contributed by atoms with Gasteiger partial charge in [-0.1, -0.05) is 60.7 Å². The van der Waals surface area contributed by atoms with Crippen molar-refractivity contribution in [2.24, 2.45) is 0 Å². The zero-order valence-corrected chi connectivity index (χ0v) is 27.7. The number of aliphatic hydroxyl groups is 3. The van der Waals surface area contributed by atoms with Crippen molar-refractivity contribution in [3.05, 3.63) is 129 Å². The van der Waals surface area contributed by atoms with Crippen LogP contribution in [-0.2, 0) is 32.3 Å². The number of benzene rings is 4. The van der Waals surface area contributed by atoms with Crippen molar-refractivity contribution in [2.45, 2.75) is 43.9 Å². The Bertz CT molecular complexity index is 2090. The molecule has 0 spiro atoms. The van der Waals surface area contributed by atoms with Gasteiger partial charge in [0.2, 0.25) is 12.0 Å². The van der Waals surface area contributed by atoms with Gasteiger partial charge in [-0.25, -0.2) is 4.79 Å². The maximum atomic E-state index is 13.5. The third-order valence-electron chi connectivity index (χ3n) is 8.10. The second-order valence-electron chi connectivity index (χ2n) is 11.7. The third kappa shape index (κ3) is 8.65. The fraction of sp³-hybridized carbons (Fsp3) is 0.243. The Morgan fingerprint density at radius 3 is 2.09 bits per heavy atom. The van der Waals surface area contributed by atoms with E-state index >= 15 is 0 Å². The fourth-order valence-electron chi connectivity index (χ4n) is 5.42. The van der Waals surface area contributed by atoms with Crippen LogP contribution in [-0.4, -0.2) is 75.4 Å². The lowest BCUT2D eigenvalue weighted by Gasteiger charge is -2.39. The summed E-state index contributed by atoms with van der Waals surface area (Å²) in [5.41, 5.74) is 1.36. The number of hydrogen-bond acceptors (Lipinski definition) is 15. The number of ether oxygens (including phenoxy) is 5. The zero-order chi connectivity index (χ0) is 37.5. The SMILES string of the molecule is O=C(OCCO[N+](=O)[O-])[C@H]1O[C@@H](Oc2cc3oc(-c4ccc(OCc5ccccc5)cc4)cc(=O)c3c(O)c2OCc2ccccc2)[C@H](O)[C@@H](O)[C@@H]1O. The predicted octanol–water partition coefficient (Wildman–Crippen LogP) is 3.26. The van der Waals surface area contributed by atoms with Crippen molar-refractivity contribution in [1.29, 1.82) is 0 Å². The van der Waals surface area contributed by atoms with Crippen LogP contribution in [0.1, 0.15) is 11.1 Å². The lowest BCUT2D eigenvalue weighted by atomic mass is 9.99. The molecule has 0 radical (unpaired) electrons. The second kappa shape index (κ2) is 16.4. The molecule has 4 aromatic carbocycles. The molecule has 6 rings (SSSR count). The molecule has 1 aromatic heterocycles. The van der Waals surface area contributed by atoms with Gasteiger partial charge in [0.05, 0.1) is 0 Å². The van der Waals surface area contributed by atoms with Gasteiger partial charge < -0.3 is 53.4 Å². The number of rotatable bonds is 14. The molecule has 1 aliphatic heterocycles. The first kappa shape index (κ1) is 36.6. The summed E-state index contributed by atoms with van der Waals surface area (Å²) in [5, 5.41) is 52.3. The number of aromatic hydroxyl groups is 1. The summed E-state index contributed by atoms with van der Waals surface area (Å²) in [5.74, 6) is -1.94. The minimum absolute atomic E-state index is 0.116. The van der Waals surface area contributed by atoms with E-state index in [0.717, 1.165) is 5.56 Å². The fourth-order valence-corrected chi connectivity index (χ4v) is 5.42. The van der Waals surface area contributed by atoms with E-state index in [2.05, 4.69) is 4.84 Å². The molecule has 4 N–H and O–H groups in total. The topological polar surface area (TPSA) is 227 Å². The van der Waals surface area contributed by atoms with Crippen molar-refractivity contribution < 1.29 is 63.2 Å². The molecular weight excluding hydrogens is 698 g/mol. The summed E-state index contributed by atoms with van der Waals surface area (Å²) in [4.78, 5) is 40.6. The molecule has 16 heteroatoms. The average Bonchev–Trinajstić information content (AvgIpc) is 3.16. The summed E-state index contributed by atoms with van der Waals surface area (Å²) >= 11 is 0. The Hall–Kier alpha value is -6.20. The van der Waals surface area contributed by atoms with Gasteiger partial charge in [-0.3, -0.25) is 4.79 Å². The number of carbonyl (C=O) groups excluding carboxylic acids is 1. The van der Waals surface area contributed by atoms with Crippen LogP contribution < -0.4 is 19.6 Å². The minimum atomic E-state index is -2.01. The van der Waals surface area contributed by atoms with E-state index in [0.29, 0.717) is 23.5 Å². The maximum Gasteiger partial charge on any atom is 0.338 e. The first-order chi connectivity index (χ1) is 25.6. The highest BCUT2D eigenvalue weighted by atomic mass is 17.0. The third-order valence-corrected chi connectivity index (χ3v) is 8.10. The molecule has 0 bridgehead atoms. The molecule has 5 aromatic rings. The van der Waals surface area contributed by atoms with Crippen LogP contribution in [0.3, 0.4) is 0 Å². The van der Waals surface area contributed by atoms with Crippen LogP contribution >= 0.6 is 0 Å². The van der Waals surface area contributed by atoms with Crippen molar-refractivity contribution in [3.8, 4) is 34.3 Å². The smallest absolute Gasteiger partial charge is 0.338 e. The summed E-state index contributed by atoms with van der Waals surface area (Å²) in [6.07, 6.45) is -9.79. The predicted molar refractivity (Wildman–Crippen MR) is 182 cm³/mol. The summed E-state index contributed by atoms with van der Waals surface area (Å²) in [7, 11) is 0. The summed E-state index contributed by atoms with van der Waals surface area (Å²) < 4.78 is 34.0. The first-order valence-electron chi connectivity index (χ1n) is 16.2. The molecule has 0 amide bonds. The van der Waals surface area contributed by atoms with E-state index < -0.39 is 66.2 Å². The van der Waals surface area contributed by atoms with E-state index in [4.69, 9.17) is 28.1 Å². The van der Waals surface area contributed by atoms with E-state index in [9.17, 15) is 40.1 Å². The average molecular weight is 732 g/mol. The quantitative estimate of drug-likeness (QED) is 0.0556. The summed E-state index contributed by atoms with van der Waals surface area (Å²) in [6, 6.07) is 27.6. The first-order valence-corrected chi connectivity index (χ1v) is 16.2. The van der Waals surface area contributed by atoms with Crippen LogP contribution in [0.15, 0.2) is 106 Å². The number of nitrogens with zero attached hydrogens (tertiary/aromatic N) is 1. The normalized spacial score (nSPS) is 19.6. The number of phenols is 1. The molecule has 53 heavy (non-hydrogen) atoms. The van der Waals surface area contributed by atoms with E-state index in [1.54, 1.807) is 54.6 Å². The second-order valence-corrected chi connectivity index (χ2v) is 11.7. The molecule has 0 unspecified atom stereocenters. The molecule has 16 nitrogen and oxygen atoms in total. The lowest BCUT2D eigenvalue weighted by molar-refractivity contribution is -0.757. The van der Waals surface area contributed by atoms with Crippen molar-refractivity contribution in [1.82, 2.24) is 0 Å². The van der Waals surface area contributed by atoms with E-state index in [-0.39, 0.29) is 34.8 Å². The number of fused-ring (bicyclic) bond motifs is 1. The summed E-state index contributed by atoms with van der Waals surface area (Å²) in [6.45, 7) is -0.991. The zero-order valence-electron chi connectivity index (χ0n) is 27.7. The van der Waals surface area contributed by atoms with Gasteiger partial charge in [0.15, 0.2) is 23.0 Å². The molecule has 2 heterocycles. The van der Waals surface area contributed by atoms with Gasteiger partial charge >= 0.3 is 5.97 Å². The van der Waals surface area contributed by atoms with Crippen LogP contribution in [0.2, 0.25) is 0 Å². The molecule has 1 fully saturated rings. The minimum Gasteiger partial charge on any atom is -0.504 e. The van der Waals surface area contributed by atoms with Crippen LogP contribution in [0.25, 0.3) is 22.3 Å².